The van der Waals surface area contributed by atoms with Gasteiger partial charge in [-0.3, -0.25) is 4.84 Å². The third kappa shape index (κ3) is 1.33. The lowest BCUT2D eigenvalue weighted by molar-refractivity contribution is 0.114. The second-order valence-electron chi connectivity index (χ2n) is 1.58. The summed E-state index contributed by atoms with van der Waals surface area (Å²) in [4.78, 5) is 4.57. The highest BCUT2D eigenvalue weighted by Gasteiger charge is 2.13. The number of thioether (sulfide) groups is 1. The Labute approximate surface area is 47.4 Å². The molecule has 0 bridgehead atoms. The molecule has 0 saturated carbocycles. The molecule has 1 saturated heterocycles. The average molecular weight is 119 g/mol. The van der Waals surface area contributed by atoms with Crippen molar-refractivity contribution < 1.29 is 4.84 Å². The smallest absolute Gasteiger partial charge is 0.124 e. The molecule has 2 N–H and O–H groups in total. The normalized spacial score (nSPS) is 31.3. The molecule has 0 aromatic carbocycles. The van der Waals surface area contributed by atoms with Crippen molar-refractivity contribution in [2.45, 2.75) is 18.3 Å². The molecule has 1 heterocycles. The van der Waals surface area contributed by atoms with E-state index in [1.165, 1.54) is 12.2 Å². The van der Waals surface area contributed by atoms with Crippen LogP contribution in [0.1, 0.15) is 12.8 Å². The van der Waals surface area contributed by atoms with E-state index in [9.17, 15) is 0 Å². The molecule has 1 rings (SSSR count). The van der Waals surface area contributed by atoms with Gasteiger partial charge in [0, 0.05) is 0 Å². The van der Waals surface area contributed by atoms with Crippen molar-refractivity contribution in [3.63, 3.8) is 0 Å². The molecule has 3 heteroatoms. The van der Waals surface area contributed by atoms with Crippen molar-refractivity contribution in [2.24, 2.45) is 5.90 Å². The van der Waals surface area contributed by atoms with E-state index in [0.29, 0.717) is 5.44 Å². The Morgan fingerprint density at radius 1 is 1.71 bits per heavy atom. The lowest BCUT2D eigenvalue weighted by atomic mass is 10.4. The molecule has 2 nitrogen and oxygen atoms in total. The molecule has 0 radical (unpaired) electrons. The lowest BCUT2D eigenvalue weighted by Gasteiger charge is -2.00. The summed E-state index contributed by atoms with van der Waals surface area (Å²) in [5.74, 6) is 6.12. The number of nitrogens with two attached hydrogens (primary N) is 1. The van der Waals surface area contributed by atoms with Crippen LogP contribution in [0.25, 0.3) is 0 Å². The summed E-state index contributed by atoms with van der Waals surface area (Å²) >= 11 is 1.80. The summed E-state index contributed by atoms with van der Waals surface area (Å²) in [6, 6.07) is 0. The second-order valence-corrected chi connectivity index (χ2v) is 2.85. The maximum Gasteiger partial charge on any atom is 0.124 e. The van der Waals surface area contributed by atoms with Gasteiger partial charge in [-0.15, -0.1) is 11.8 Å². The van der Waals surface area contributed by atoms with Crippen molar-refractivity contribution in [3.05, 3.63) is 0 Å². The molecule has 1 aliphatic rings. The minimum atomic E-state index is 0.292. The molecule has 0 spiro atoms. The molecule has 1 aliphatic heterocycles. The van der Waals surface area contributed by atoms with Crippen molar-refractivity contribution in [1.82, 2.24) is 0 Å². The molecular formula is C4H9NOS. The lowest BCUT2D eigenvalue weighted by Crippen LogP contribution is -2.08. The first kappa shape index (κ1) is 5.41. The van der Waals surface area contributed by atoms with Crippen molar-refractivity contribution >= 4 is 11.8 Å². The molecule has 0 aliphatic carbocycles. The highest BCUT2D eigenvalue weighted by Crippen LogP contribution is 2.25. The zero-order valence-electron chi connectivity index (χ0n) is 4.09. The fraction of sp³-hybridized carbons (Fsp3) is 1.00. The first-order valence-electron chi connectivity index (χ1n) is 2.40. The summed E-state index contributed by atoms with van der Waals surface area (Å²) in [6.45, 7) is 0. The van der Waals surface area contributed by atoms with Gasteiger partial charge in [0.1, 0.15) is 5.44 Å². The summed E-state index contributed by atoms with van der Waals surface area (Å²) in [6.07, 6.45) is 2.38. The van der Waals surface area contributed by atoms with Crippen LogP contribution in [-0.2, 0) is 4.84 Å². The van der Waals surface area contributed by atoms with Crippen LogP contribution in [0.5, 0.6) is 0 Å². The van der Waals surface area contributed by atoms with Gasteiger partial charge in [0.15, 0.2) is 0 Å². The standard InChI is InChI=1S/C4H9NOS/c5-6-4-2-1-3-7-4/h4H,1-3,5H2. The van der Waals surface area contributed by atoms with Crippen LogP contribution >= 0.6 is 11.8 Å². The zero-order chi connectivity index (χ0) is 5.11. The SMILES string of the molecule is NOC1CCCS1. The van der Waals surface area contributed by atoms with E-state index >= 15 is 0 Å². The van der Waals surface area contributed by atoms with E-state index < -0.39 is 0 Å². The monoisotopic (exact) mass is 119 g/mol. The van der Waals surface area contributed by atoms with Gasteiger partial charge >= 0.3 is 0 Å². The molecule has 1 atom stereocenters. The third-order valence-electron chi connectivity index (χ3n) is 1.04. The van der Waals surface area contributed by atoms with Gasteiger partial charge in [0.05, 0.1) is 0 Å². The fourth-order valence-electron chi connectivity index (χ4n) is 0.655. The quantitative estimate of drug-likeness (QED) is 0.517. The highest BCUT2D eigenvalue weighted by atomic mass is 32.2. The van der Waals surface area contributed by atoms with Gasteiger partial charge in [-0.1, -0.05) is 0 Å². The van der Waals surface area contributed by atoms with E-state index in [-0.39, 0.29) is 0 Å². The van der Waals surface area contributed by atoms with E-state index in [0.717, 1.165) is 6.42 Å². The van der Waals surface area contributed by atoms with Crippen molar-refractivity contribution in [1.29, 1.82) is 0 Å². The van der Waals surface area contributed by atoms with Crippen molar-refractivity contribution in [3.8, 4) is 0 Å². The molecular weight excluding hydrogens is 110 g/mol. The Morgan fingerprint density at radius 3 is 2.86 bits per heavy atom. The Kier molecular flexibility index (Phi) is 1.97. The van der Waals surface area contributed by atoms with E-state index in [1.807, 2.05) is 0 Å². The summed E-state index contributed by atoms with van der Waals surface area (Å²) < 4.78 is 0. The summed E-state index contributed by atoms with van der Waals surface area (Å²) in [5.41, 5.74) is 0.292. The van der Waals surface area contributed by atoms with Crippen LogP contribution in [0.4, 0.5) is 0 Å². The topological polar surface area (TPSA) is 35.2 Å². The minimum absolute atomic E-state index is 0.292. The van der Waals surface area contributed by atoms with Gasteiger partial charge in [-0.25, -0.2) is 5.90 Å². The maximum absolute atomic E-state index is 4.91. The molecule has 7 heavy (non-hydrogen) atoms. The summed E-state index contributed by atoms with van der Waals surface area (Å²) in [5, 5.41) is 0. The van der Waals surface area contributed by atoms with Crippen LogP contribution in [0, 0.1) is 0 Å². The van der Waals surface area contributed by atoms with Gasteiger partial charge in [0.2, 0.25) is 0 Å². The van der Waals surface area contributed by atoms with E-state index in [4.69, 9.17) is 5.90 Å². The third-order valence-corrected chi connectivity index (χ3v) is 2.28. The van der Waals surface area contributed by atoms with Crippen LogP contribution in [0.3, 0.4) is 0 Å². The Morgan fingerprint density at radius 2 is 2.57 bits per heavy atom. The van der Waals surface area contributed by atoms with Gasteiger partial charge in [-0.2, -0.15) is 0 Å². The van der Waals surface area contributed by atoms with Gasteiger partial charge in [0.25, 0.3) is 0 Å². The average Bonchev–Trinajstić information content (AvgIpc) is 2.14. The predicted octanol–water partition coefficient (Wildman–Crippen LogP) is 0.730. The highest BCUT2D eigenvalue weighted by molar-refractivity contribution is 7.99. The van der Waals surface area contributed by atoms with Crippen LogP contribution in [0.2, 0.25) is 0 Å². The predicted molar refractivity (Wildman–Crippen MR) is 30.8 cm³/mol. The minimum Gasteiger partial charge on any atom is -0.290 e. The van der Waals surface area contributed by atoms with E-state index in [2.05, 4.69) is 4.84 Å². The number of rotatable bonds is 1. The number of hydrogen-bond acceptors (Lipinski definition) is 3. The van der Waals surface area contributed by atoms with Crippen LogP contribution in [-0.4, -0.2) is 11.2 Å². The maximum atomic E-state index is 4.91. The zero-order valence-corrected chi connectivity index (χ0v) is 4.91. The second kappa shape index (κ2) is 2.55. The molecule has 42 valence electrons. The molecule has 0 amide bonds. The first-order chi connectivity index (χ1) is 3.43. The summed E-state index contributed by atoms with van der Waals surface area (Å²) in [7, 11) is 0. The fourth-order valence-corrected chi connectivity index (χ4v) is 1.66. The van der Waals surface area contributed by atoms with Crippen LogP contribution in [0.15, 0.2) is 0 Å². The number of hydrogen-bond donors (Lipinski definition) is 1. The van der Waals surface area contributed by atoms with Crippen LogP contribution < -0.4 is 5.90 Å². The first-order valence-corrected chi connectivity index (χ1v) is 3.45. The Bertz CT molecular complexity index is 53.7. The largest absolute Gasteiger partial charge is 0.290 e. The molecule has 1 unspecified atom stereocenters. The molecule has 0 aromatic heterocycles. The Balaban J connectivity index is 2.14. The van der Waals surface area contributed by atoms with Gasteiger partial charge in [-0.05, 0) is 18.6 Å². The Hall–Kier alpha value is 0.270. The van der Waals surface area contributed by atoms with Crippen molar-refractivity contribution in [2.75, 3.05) is 5.75 Å². The molecule has 0 aromatic rings. The van der Waals surface area contributed by atoms with Gasteiger partial charge < -0.3 is 0 Å². The van der Waals surface area contributed by atoms with E-state index in [1.54, 1.807) is 11.8 Å². The molecule has 1 fully saturated rings.